The standard InChI is InChI=1S/C18H21NO/c19-18(20)17(13-4-2-1-3-5-13)16-14-7-11-6-12(9-14)10-15(16)8-11/h1-5,11-12,14-15H,6-10H2,(H2,19,20). The fourth-order valence-corrected chi connectivity index (χ4v) is 5.16. The highest BCUT2D eigenvalue weighted by molar-refractivity contribution is 6.19. The summed E-state index contributed by atoms with van der Waals surface area (Å²) in [7, 11) is 0. The molecular weight excluding hydrogens is 246 g/mol. The van der Waals surface area contributed by atoms with Crippen LogP contribution >= 0.6 is 0 Å². The van der Waals surface area contributed by atoms with E-state index >= 15 is 0 Å². The van der Waals surface area contributed by atoms with Crippen LogP contribution in [0.4, 0.5) is 0 Å². The molecule has 2 nitrogen and oxygen atoms in total. The van der Waals surface area contributed by atoms with Crippen LogP contribution in [0, 0.1) is 23.7 Å². The Kier molecular flexibility index (Phi) is 2.73. The molecule has 0 atom stereocenters. The van der Waals surface area contributed by atoms with Crippen LogP contribution in [0.25, 0.3) is 5.57 Å². The van der Waals surface area contributed by atoms with Crippen LogP contribution in [0.3, 0.4) is 0 Å². The fourth-order valence-electron chi connectivity index (χ4n) is 5.16. The van der Waals surface area contributed by atoms with E-state index in [0.29, 0.717) is 11.8 Å². The molecule has 0 saturated heterocycles. The quantitative estimate of drug-likeness (QED) is 0.820. The average molecular weight is 267 g/mol. The summed E-state index contributed by atoms with van der Waals surface area (Å²) < 4.78 is 0. The molecule has 4 aliphatic carbocycles. The van der Waals surface area contributed by atoms with E-state index in [2.05, 4.69) is 0 Å². The van der Waals surface area contributed by atoms with Gasteiger partial charge in [-0.05, 0) is 61.3 Å². The van der Waals surface area contributed by atoms with Gasteiger partial charge in [0.05, 0.1) is 0 Å². The molecular formula is C18H21NO. The largest absolute Gasteiger partial charge is 0.366 e. The molecule has 0 unspecified atom stereocenters. The summed E-state index contributed by atoms with van der Waals surface area (Å²) in [5.74, 6) is 2.82. The maximum absolute atomic E-state index is 12.1. The fraction of sp³-hybridized carbons (Fsp3) is 0.500. The van der Waals surface area contributed by atoms with Crippen molar-refractivity contribution in [2.24, 2.45) is 29.4 Å². The predicted octanol–water partition coefficient (Wildman–Crippen LogP) is 3.38. The summed E-state index contributed by atoms with van der Waals surface area (Å²) in [5, 5.41) is 0. The second kappa shape index (κ2) is 4.47. The number of carbonyl (C=O) groups is 1. The van der Waals surface area contributed by atoms with E-state index in [9.17, 15) is 4.79 Å². The van der Waals surface area contributed by atoms with Crippen LogP contribution in [-0.4, -0.2) is 5.91 Å². The summed E-state index contributed by atoms with van der Waals surface area (Å²) in [4.78, 5) is 12.1. The first-order chi connectivity index (χ1) is 9.72. The first-order valence-electron chi connectivity index (χ1n) is 7.81. The van der Waals surface area contributed by atoms with Crippen molar-refractivity contribution < 1.29 is 4.79 Å². The van der Waals surface area contributed by atoms with Gasteiger partial charge in [-0.1, -0.05) is 35.9 Å². The van der Waals surface area contributed by atoms with Gasteiger partial charge in [0, 0.05) is 5.57 Å². The summed E-state index contributed by atoms with van der Waals surface area (Å²) in [6.45, 7) is 0. The first kappa shape index (κ1) is 12.2. The number of hydrogen-bond donors (Lipinski definition) is 1. The van der Waals surface area contributed by atoms with E-state index < -0.39 is 0 Å². The normalized spacial score (nSPS) is 34.3. The van der Waals surface area contributed by atoms with E-state index in [-0.39, 0.29) is 5.91 Å². The average Bonchev–Trinajstić information content (AvgIpc) is 2.42. The Labute approximate surface area is 120 Å². The molecule has 0 aromatic heterocycles. The molecule has 1 aromatic carbocycles. The van der Waals surface area contributed by atoms with Crippen LogP contribution in [-0.2, 0) is 4.79 Å². The number of amides is 1. The van der Waals surface area contributed by atoms with Gasteiger partial charge in [-0.25, -0.2) is 0 Å². The number of carbonyl (C=O) groups excluding carboxylic acids is 1. The lowest BCUT2D eigenvalue weighted by Crippen LogP contribution is -2.41. The Hall–Kier alpha value is -1.57. The number of rotatable bonds is 2. The van der Waals surface area contributed by atoms with Crippen LogP contribution in [0.1, 0.15) is 37.7 Å². The van der Waals surface area contributed by atoms with Gasteiger partial charge in [0.2, 0.25) is 5.91 Å². The predicted molar refractivity (Wildman–Crippen MR) is 79.6 cm³/mol. The third-order valence-electron chi connectivity index (χ3n) is 5.62. The van der Waals surface area contributed by atoms with Gasteiger partial charge in [-0.3, -0.25) is 4.79 Å². The summed E-state index contributed by atoms with van der Waals surface area (Å²) in [6, 6.07) is 10.0. The number of primary amides is 1. The van der Waals surface area contributed by atoms with Gasteiger partial charge in [0.1, 0.15) is 0 Å². The topological polar surface area (TPSA) is 43.1 Å². The molecule has 104 valence electrons. The van der Waals surface area contributed by atoms with Crippen molar-refractivity contribution >= 4 is 11.5 Å². The maximum Gasteiger partial charge on any atom is 0.249 e. The second-order valence-electron chi connectivity index (χ2n) is 6.87. The Balaban J connectivity index is 1.84. The molecule has 4 aliphatic rings. The van der Waals surface area contributed by atoms with Crippen molar-refractivity contribution in [3.05, 3.63) is 41.5 Å². The SMILES string of the molecule is NC(=O)C(=C1C2CC3CC(C2)CC1C3)c1ccccc1. The molecule has 1 amide bonds. The van der Waals surface area contributed by atoms with E-state index in [1.54, 1.807) is 0 Å². The van der Waals surface area contributed by atoms with Crippen molar-refractivity contribution in [3.63, 3.8) is 0 Å². The Morgan fingerprint density at radius 3 is 1.95 bits per heavy atom. The highest BCUT2D eigenvalue weighted by Gasteiger charge is 2.46. The Morgan fingerprint density at radius 1 is 0.900 bits per heavy atom. The van der Waals surface area contributed by atoms with Crippen molar-refractivity contribution in [2.75, 3.05) is 0 Å². The second-order valence-corrected chi connectivity index (χ2v) is 6.87. The van der Waals surface area contributed by atoms with Gasteiger partial charge in [0.25, 0.3) is 0 Å². The van der Waals surface area contributed by atoms with Crippen LogP contribution < -0.4 is 5.73 Å². The highest BCUT2D eigenvalue weighted by Crippen LogP contribution is 2.57. The molecule has 0 spiro atoms. The van der Waals surface area contributed by atoms with E-state index in [1.807, 2.05) is 30.3 Å². The zero-order valence-corrected chi connectivity index (χ0v) is 11.7. The smallest absolute Gasteiger partial charge is 0.249 e. The van der Waals surface area contributed by atoms with Crippen LogP contribution in [0.2, 0.25) is 0 Å². The van der Waals surface area contributed by atoms with Crippen LogP contribution in [0.15, 0.2) is 35.9 Å². The maximum atomic E-state index is 12.1. The molecule has 0 radical (unpaired) electrons. The zero-order chi connectivity index (χ0) is 13.7. The minimum Gasteiger partial charge on any atom is -0.366 e. The number of benzene rings is 1. The highest BCUT2D eigenvalue weighted by atomic mass is 16.1. The minimum absolute atomic E-state index is 0.237. The zero-order valence-electron chi connectivity index (χ0n) is 11.7. The molecule has 4 bridgehead atoms. The van der Waals surface area contributed by atoms with Gasteiger partial charge in [-0.2, -0.15) is 0 Å². The molecule has 2 heteroatoms. The molecule has 0 heterocycles. The molecule has 2 N–H and O–H groups in total. The molecule has 20 heavy (non-hydrogen) atoms. The first-order valence-corrected chi connectivity index (χ1v) is 7.81. The van der Waals surface area contributed by atoms with E-state index in [4.69, 9.17) is 5.73 Å². The molecule has 4 fully saturated rings. The van der Waals surface area contributed by atoms with Gasteiger partial charge in [0.15, 0.2) is 0 Å². The monoisotopic (exact) mass is 267 g/mol. The Bertz CT molecular complexity index is 542. The molecule has 5 rings (SSSR count). The number of nitrogens with two attached hydrogens (primary N) is 1. The van der Waals surface area contributed by atoms with Gasteiger partial charge < -0.3 is 5.73 Å². The third-order valence-corrected chi connectivity index (χ3v) is 5.62. The van der Waals surface area contributed by atoms with Gasteiger partial charge in [-0.15, -0.1) is 0 Å². The van der Waals surface area contributed by atoms with Crippen molar-refractivity contribution in [1.82, 2.24) is 0 Å². The summed E-state index contributed by atoms with van der Waals surface area (Å²) in [6.07, 6.45) is 6.56. The molecule has 0 aliphatic heterocycles. The summed E-state index contributed by atoms with van der Waals surface area (Å²) in [5.41, 5.74) is 9.00. The van der Waals surface area contributed by atoms with Crippen LogP contribution in [0.5, 0.6) is 0 Å². The van der Waals surface area contributed by atoms with E-state index in [0.717, 1.165) is 23.0 Å². The van der Waals surface area contributed by atoms with Crippen molar-refractivity contribution in [2.45, 2.75) is 32.1 Å². The van der Waals surface area contributed by atoms with Crippen molar-refractivity contribution in [1.29, 1.82) is 0 Å². The van der Waals surface area contributed by atoms with Gasteiger partial charge >= 0.3 is 0 Å². The number of hydrogen-bond acceptors (Lipinski definition) is 1. The minimum atomic E-state index is -0.237. The lowest BCUT2D eigenvalue weighted by molar-refractivity contribution is -0.112. The molecule has 1 aromatic rings. The number of allylic oxidation sites excluding steroid dienone is 1. The van der Waals surface area contributed by atoms with Crippen molar-refractivity contribution in [3.8, 4) is 0 Å². The summed E-state index contributed by atoms with van der Waals surface area (Å²) >= 11 is 0. The lowest BCUT2D eigenvalue weighted by Gasteiger charge is -2.52. The Morgan fingerprint density at radius 2 is 1.45 bits per heavy atom. The van der Waals surface area contributed by atoms with E-state index in [1.165, 1.54) is 37.7 Å². The lowest BCUT2D eigenvalue weighted by atomic mass is 9.53. The molecule has 4 saturated carbocycles. The third kappa shape index (κ3) is 1.81.